The summed E-state index contributed by atoms with van der Waals surface area (Å²) in [5, 5.41) is 5.46. The Bertz CT molecular complexity index is 2020. The van der Waals surface area contributed by atoms with Crippen LogP contribution in [0.5, 0.6) is 5.75 Å². The molecule has 6 rings (SSSR count). The summed E-state index contributed by atoms with van der Waals surface area (Å²) in [4.78, 5) is 41.8. The number of fused-ring (bicyclic) bond motifs is 2. The molecule has 1 aliphatic heterocycles. The van der Waals surface area contributed by atoms with Gasteiger partial charge in [-0.25, -0.2) is 4.72 Å². The zero-order valence-electron chi connectivity index (χ0n) is 27.1. The number of aryl methyl sites for hydroxylation is 1. The number of benzene rings is 3. The van der Waals surface area contributed by atoms with Crippen LogP contribution in [0.25, 0.3) is 21.7 Å². The van der Waals surface area contributed by atoms with E-state index in [-0.39, 0.29) is 42.9 Å². The standard InChI is InChI=1S/C35H37F3N4O7S/c36-35(37,38)50(46,47)40-30(43)13-6-16-42-28-12-5-11-27(39-33(44)24-8-2-3-9-24)31(28)32(34(45)41-17-19-48-20-18-41)29(42)22-49-26-15-14-23-7-1-4-10-25(23)21-26/h1,4-5,7,10-12,14-15,21,24H,2-3,6,8-9,13,16-20,22H2,(H,39,44)(H,40,43). The van der Waals surface area contributed by atoms with Crippen molar-refractivity contribution in [2.24, 2.45) is 5.92 Å². The first-order chi connectivity index (χ1) is 23.9. The first-order valence-corrected chi connectivity index (χ1v) is 18.0. The van der Waals surface area contributed by atoms with Gasteiger partial charge in [-0.2, -0.15) is 21.6 Å². The predicted octanol–water partition coefficient (Wildman–Crippen LogP) is 5.72. The molecule has 0 radical (unpaired) electrons. The Labute approximate surface area is 286 Å². The third-order valence-electron chi connectivity index (χ3n) is 9.13. The molecule has 2 N–H and O–H groups in total. The van der Waals surface area contributed by atoms with Gasteiger partial charge in [-0.05, 0) is 54.3 Å². The zero-order valence-corrected chi connectivity index (χ0v) is 27.9. The molecule has 11 nitrogen and oxygen atoms in total. The van der Waals surface area contributed by atoms with Gasteiger partial charge in [0.1, 0.15) is 12.4 Å². The molecule has 1 aliphatic carbocycles. The van der Waals surface area contributed by atoms with Crippen molar-refractivity contribution >= 4 is 55.1 Å². The minimum absolute atomic E-state index is 0.0167. The summed E-state index contributed by atoms with van der Waals surface area (Å²) in [6, 6.07) is 18.5. The van der Waals surface area contributed by atoms with Gasteiger partial charge in [-0.1, -0.05) is 49.2 Å². The summed E-state index contributed by atoms with van der Waals surface area (Å²) in [7, 11) is -5.86. The highest BCUT2D eigenvalue weighted by molar-refractivity contribution is 7.90. The molecule has 0 bridgehead atoms. The van der Waals surface area contributed by atoms with Crippen LogP contribution in [0.15, 0.2) is 60.7 Å². The molecule has 4 aromatic rings. The number of aromatic nitrogens is 1. The lowest BCUT2D eigenvalue weighted by molar-refractivity contribution is -0.120. The van der Waals surface area contributed by atoms with Crippen LogP contribution in [0.1, 0.15) is 54.6 Å². The van der Waals surface area contributed by atoms with Gasteiger partial charge in [-0.15, -0.1) is 0 Å². The number of ether oxygens (including phenoxy) is 2. The summed E-state index contributed by atoms with van der Waals surface area (Å²) in [6.07, 6.45) is 2.81. The average molecular weight is 715 g/mol. The molecule has 0 atom stereocenters. The van der Waals surface area contributed by atoms with E-state index < -0.39 is 27.9 Å². The molecule has 2 fully saturated rings. The lowest BCUT2D eigenvalue weighted by Crippen LogP contribution is -2.41. The maximum atomic E-state index is 14.4. The number of rotatable bonds is 11. The summed E-state index contributed by atoms with van der Waals surface area (Å²) >= 11 is 0. The molecular formula is C35H37F3N4O7S. The minimum atomic E-state index is -5.86. The third kappa shape index (κ3) is 7.58. The van der Waals surface area contributed by atoms with Gasteiger partial charge in [0, 0.05) is 37.4 Å². The average Bonchev–Trinajstić information content (AvgIpc) is 3.74. The van der Waals surface area contributed by atoms with E-state index in [4.69, 9.17) is 9.47 Å². The van der Waals surface area contributed by atoms with E-state index in [1.807, 2.05) is 36.4 Å². The van der Waals surface area contributed by atoms with Crippen LogP contribution in [0.4, 0.5) is 18.9 Å². The third-order valence-corrected chi connectivity index (χ3v) is 10.2. The Hall–Kier alpha value is -4.63. The normalized spacial score (nSPS) is 15.8. The van der Waals surface area contributed by atoms with Crippen molar-refractivity contribution < 1.29 is 45.4 Å². The van der Waals surface area contributed by atoms with Gasteiger partial charge >= 0.3 is 15.5 Å². The number of carbonyl (C=O) groups excluding carboxylic acids is 3. The molecule has 2 heterocycles. The van der Waals surface area contributed by atoms with Crippen molar-refractivity contribution in [3.8, 4) is 5.75 Å². The van der Waals surface area contributed by atoms with Crippen LogP contribution in [0, 0.1) is 5.92 Å². The van der Waals surface area contributed by atoms with Crippen LogP contribution < -0.4 is 14.8 Å². The number of hydrogen-bond acceptors (Lipinski definition) is 7. The molecule has 0 spiro atoms. The summed E-state index contributed by atoms with van der Waals surface area (Å²) in [6.45, 7) is 1.26. The van der Waals surface area contributed by atoms with Crippen LogP contribution >= 0.6 is 0 Å². The SMILES string of the molecule is O=C(CCCn1c(COc2ccc3ccccc3c2)c(C(=O)N2CCOCC2)c2c(NC(=O)C3CCCC3)cccc21)NS(=O)(=O)C(F)(F)F. The van der Waals surface area contributed by atoms with Crippen LogP contribution in [0.3, 0.4) is 0 Å². The number of sulfonamides is 1. The van der Waals surface area contributed by atoms with Crippen molar-refractivity contribution in [2.45, 2.75) is 57.2 Å². The van der Waals surface area contributed by atoms with Crippen LogP contribution in [-0.4, -0.2) is 67.4 Å². The van der Waals surface area contributed by atoms with Crippen molar-refractivity contribution in [3.05, 3.63) is 71.9 Å². The fourth-order valence-corrected chi connectivity index (χ4v) is 7.12. The highest BCUT2D eigenvalue weighted by Gasteiger charge is 2.46. The number of nitrogens with one attached hydrogen (secondary N) is 2. The van der Waals surface area contributed by atoms with E-state index in [1.165, 1.54) is 0 Å². The molecular weight excluding hydrogens is 677 g/mol. The summed E-state index contributed by atoms with van der Waals surface area (Å²) in [5.74, 6) is -1.42. The molecule has 2 aliphatic rings. The zero-order chi connectivity index (χ0) is 35.5. The molecule has 50 heavy (non-hydrogen) atoms. The largest absolute Gasteiger partial charge is 0.516 e. The second-order valence-corrected chi connectivity index (χ2v) is 14.1. The quantitative estimate of drug-likeness (QED) is 0.203. The number of alkyl halides is 3. The highest BCUT2D eigenvalue weighted by atomic mass is 32.2. The van der Waals surface area contributed by atoms with Crippen molar-refractivity contribution in [3.63, 3.8) is 0 Å². The second kappa shape index (κ2) is 14.7. The molecule has 3 amide bonds. The van der Waals surface area contributed by atoms with E-state index in [0.717, 1.165) is 41.2 Å². The predicted molar refractivity (Wildman–Crippen MR) is 180 cm³/mol. The first-order valence-electron chi connectivity index (χ1n) is 16.5. The van der Waals surface area contributed by atoms with Gasteiger partial charge in [0.2, 0.25) is 11.8 Å². The fourth-order valence-electron chi connectivity index (χ4n) is 6.61. The van der Waals surface area contributed by atoms with E-state index in [9.17, 15) is 36.0 Å². The van der Waals surface area contributed by atoms with E-state index in [2.05, 4.69) is 5.32 Å². The van der Waals surface area contributed by atoms with Gasteiger partial charge in [-0.3, -0.25) is 14.4 Å². The molecule has 266 valence electrons. The Morgan fingerprint density at radius 1 is 0.940 bits per heavy atom. The Kier molecular flexibility index (Phi) is 10.3. The monoisotopic (exact) mass is 714 g/mol. The van der Waals surface area contributed by atoms with E-state index in [0.29, 0.717) is 54.3 Å². The van der Waals surface area contributed by atoms with Gasteiger partial charge < -0.3 is 24.3 Å². The minimum Gasteiger partial charge on any atom is -0.487 e. The van der Waals surface area contributed by atoms with Gasteiger partial charge in [0.25, 0.3) is 5.91 Å². The molecule has 3 aromatic carbocycles. The Morgan fingerprint density at radius 2 is 1.66 bits per heavy atom. The summed E-state index contributed by atoms with van der Waals surface area (Å²) < 4.78 is 76.3. The Morgan fingerprint density at radius 3 is 2.38 bits per heavy atom. The number of amides is 3. The molecule has 1 aromatic heterocycles. The number of anilines is 1. The fraction of sp³-hybridized carbons (Fsp3) is 0.400. The van der Waals surface area contributed by atoms with E-state index in [1.54, 1.807) is 33.7 Å². The lowest BCUT2D eigenvalue weighted by atomic mass is 10.0. The Balaban J connectivity index is 1.40. The first kappa shape index (κ1) is 35.2. The van der Waals surface area contributed by atoms with Crippen molar-refractivity contribution in [2.75, 3.05) is 31.6 Å². The number of hydrogen-bond donors (Lipinski definition) is 2. The number of nitrogens with zero attached hydrogens (tertiary/aromatic N) is 2. The molecule has 15 heteroatoms. The van der Waals surface area contributed by atoms with Gasteiger partial charge in [0.15, 0.2) is 0 Å². The second-order valence-electron chi connectivity index (χ2n) is 12.4. The lowest BCUT2D eigenvalue weighted by Gasteiger charge is -2.27. The molecule has 0 unspecified atom stereocenters. The maximum absolute atomic E-state index is 14.4. The van der Waals surface area contributed by atoms with Gasteiger partial charge in [0.05, 0.1) is 35.7 Å². The highest BCUT2D eigenvalue weighted by Crippen LogP contribution is 2.36. The van der Waals surface area contributed by atoms with Crippen LogP contribution in [-0.2, 0) is 37.5 Å². The smallest absolute Gasteiger partial charge is 0.487 e. The summed E-state index contributed by atoms with van der Waals surface area (Å²) in [5.41, 5.74) is -3.97. The maximum Gasteiger partial charge on any atom is 0.516 e. The number of halogens is 3. The molecule has 1 saturated carbocycles. The number of carbonyl (C=O) groups is 3. The van der Waals surface area contributed by atoms with Crippen molar-refractivity contribution in [1.29, 1.82) is 0 Å². The van der Waals surface area contributed by atoms with E-state index >= 15 is 0 Å². The number of morpholine rings is 1. The molecule has 1 saturated heterocycles. The topological polar surface area (TPSA) is 136 Å². The van der Waals surface area contributed by atoms with Crippen LogP contribution in [0.2, 0.25) is 0 Å². The van der Waals surface area contributed by atoms with Crippen molar-refractivity contribution in [1.82, 2.24) is 14.2 Å².